The lowest BCUT2D eigenvalue weighted by Gasteiger charge is -2.06. The number of thioether (sulfide) groups is 1. The number of aromatic nitrogens is 3. The lowest BCUT2D eigenvalue weighted by molar-refractivity contribution is -0.384. The summed E-state index contributed by atoms with van der Waals surface area (Å²) in [5.74, 6) is -0.909. The summed E-state index contributed by atoms with van der Waals surface area (Å²) in [6.45, 7) is 0. The van der Waals surface area contributed by atoms with Crippen molar-refractivity contribution in [3.8, 4) is 11.4 Å². The predicted molar refractivity (Wildman–Crippen MR) is 126 cm³/mol. The number of rotatable bonds is 7. The minimum Gasteiger partial charge on any atom is -0.459 e. The summed E-state index contributed by atoms with van der Waals surface area (Å²) >= 11 is 13.1. The fraction of sp³-hybridized carbons (Fsp3) is 0.0476. The first-order valence-electron chi connectivity index (χ1n) is 9.50. The van der Waals surface area contributed by atoms with Gasteiger partial charge in [0.2, 0.25) is 5.91 Å². The maximum Gasteiger partial charge on any atom is 0.316 e. The van der Waals surface area contributed by atoms with Crippen LogP contribution in [0, 0.1) is 10.1 Å². The quantitative estimate of drug-likeness (QED) is 0.201. The molecule has 10 nitrogen and oxygen atoms in total. The van der Waals surface area contributed by atoms with E-state index in [9.17, 15) is 19.7 Å². The molecule has 0 atom stereocenters. The number of carbonyl (C=O) groups is 2. The van der Waals surface area contributed by atoms with Crippen LogP contribution in [0.5, 0.6) is 0 Å². The zero-order chi connectivity index (χ0) is 24.2. The van der Waals surface area contributed by atoms with Gasteiger partial charge in [-0.1, -0.05) is 47.1 Å². The third-order valence-electron chi connectivity index (χ3n) is 4.38. The minimum atomic E-state index is -0.622. The van der Waals surface area contributed by atoms with Crippen LogP contribution in [0.1, 0.15) is 10.6 Å². The standard InChI is InChI=1S/C21H13Cl2N5O5S/c22-14-5-2-1-4-13(14)19-25-21(27(26-19)20(30)17-6-3-9-33-17)34-11-18(29)24-12-7-8-16(28(31)32)15(23)10-12/h1-10H,11H2,(H,24,29). The molecule has 0 unspecified atom stereocenters. The van der Waals surface area contributed by atoms with E-state index in [1.165, 1.54) is 30.5 Å². The molecule has 2 heterocycles. The Kier molecular flexibility index (Phi) is 6.96. The SMILES string of the molecule is O=C(CSc1nc(-c2ccccc2Cl)nn1C(=O)c1ccco1)Nc1ccc([N+](=O)[O-])c(Cl)c1. The van der Waals surface area contributed by atoms with Crippen molar-refractivity contribution in [2.24, 2.45) is 0 Å². The molecule has 0 fully saturated rings. The lowest BCUT2D eigenvalue weighted by atomic mass is 10.2. The molecule has 0 aliphatic rings. The monoisotopic (exact) mass is 517 g/mol. The zero-order valence-corrected chi connectivity index (χ0v) is 19.3. The van der Waals surface area contributed by atoms with Crippen molar-refractivity contribution in [3.05, 3.63) is 86.8 Å². The van der Waals surface area contributed by atoms with E-state index in [4.69, 9.17) is 27.6 Å². The van der Waals surface area contributed by atoms with Crippen molar-refractivity contribution in [2.45, 2.75) is 5.16 Å². The molecular formula is C21H13Cl2N5O5S. The summed E-state index contributed by atoms with van der Waals surface area (Å²) in [6.07, 6.45) is 1.36. The average Bonchev–Trinajstić information content (AvgIpc) is 3.48. The highest BCUT2D eigenvalue weighted by Gasteiger charge is 2.22. The van der Waals surface area contributed by atoms with Crippen LogP contribution in [0.4, 0.5) is 11.4 Å². The van der Waals surface area contributed by atoms with Crippen LogP contribution in [-0.2, 0) is 4.79 Å². The maximum absolute atomic E-state index is 12.9. The van der Waals surface area contributed by atoms with E-state index in [1.54, 1.807) is 30.3 Å². The van der Waals surface area contributed by atoms with Gasteiger partial charge in [0, 0.05) is 17.3 Å². The van der Waals surface area contributed by atoms with Gasteiger partial charge < -0.3 is 9.73 Å². The Balaban J connectivity index is 1.55. The van der Waals surface area contributed by atoms with Crippen LogP contribution >= 0.6 is 35.0 Å². The van der Waals surface area contributed by atoms with E-state index in [2.05, 4.69) is 15.4 Å². The van der Waals surface area contributed by atoms with E-state index < -0.39 is 16.7 Å². The number of furan rings is 1. The smallest absolute Gasteiger partial charge is 0.316 e. The van der Waals surface area contributed by atoms with Crippen molar-refractivity contribution in [3.63, 3.8) is 0 Å². The number of halogens is 2. The Morgan fingerprint density at radius 1 is 1.12 bits per heavy atom. The van der Waals surface area contributed by atoms with Crippen LogP contribution in [0.25, 0.3) is 11.4 Å². The topological polar surface area (TPSA) is 133 Å². The normalized spacial score (nSPS) is 10.8. The van der Waals surface area contributed by atoms with E-state index in [-0.39, 0.29) is 38.9 Å². The first-order valence-corrected chi connectivity index (χ1v) is 11.2. The number of benzene rings is 2. The Morgan fingerprint density at radius 2 is 1.91 bits per heavy atom. The molecule has 2 aromatic carbocycles. The molecular weight excluding hydrogens is 505 g/mol. The van der Waals surface area contributed by atoms with Gasteiger partial charge in [-0.15, -0.1) is 5.10 Å². The molecule has 0 aliphatic carbocycles. The molecule has 0 spiro atoms. The van der Waals surface area contributed by atoms with Crippen molar-refractivity contribution in [1.82, 2.24) is 14.8 Å². The molecule has 0 aliphatic heterocycles. The third-order valence-corrected chi connectivity index (χ3v) is 5.94. The van der Waals surface area contributed by atoms with Gasteiger partial charge in [0.05, 0.1) is 22.0 Å². The fourth-order valence-electron chi connectivity index (χ4n) is 2.84. The number of amides is 1. The molecule has 0 radical (unpaired) electrons. The second-order valence-electron chi connectivity index (χ2n) is 6.65. The number of hydrogen-bond donors (Lipinski definition) is 1. The highest BCUT2D eigenvalue weighted by Crippen LogP contribution is 2.29. The van der Waals surface area contributed by atoms with Gasteiger partial charge in [-0.25, -0.2) is 4.98 Å². The predicted octanol–water partition coefficient (Wildman–Crippen LogP) is 5.17. The first kappa shape index (κ1) is 23.5. The lowest BCUT2D eigenvalue weighted by Crippen LogP contribution is -2.17. The van der Waals surface area contributed by atoms with Crippen molar-refractivity contribution >= 4 is 58.2 Å². The number of nitro benzene ring substituents is 1. The van der Waals surface area contributed by atoms with Crippen LogP contribution < -0.4 is 5.32 Å². The molecule has 0 saturated carbocycles. The van der Waals surface area contributed by atoms with Crippen molar-refractivity contribution in [2.75, 3.05) is 11.1 Å². The summed E-state index contributed by atoms with van der Waals surface area (Å²) in [5, 5.41) is 18.2. The molecule has 34 heavy (non-hydrogen) atoms. The summed E-state index contributed by atoms with van der Waals surface area (Å²) < 4.78 is 6.21. The number of nitrogens with zero attached hydrogens (tertiary/aromatic N) is 4. The van der Waals surface area contributed by atoms with E-state index in [1.807, 2.05) is 0 Å². The number of nitro groups is 1. The number of nitrogens with one attached hydrogen (secondary N) is 1. The number of carbonyl (C=O) groups excluding carboxylic acids is 2. The minimum absolute atomic E-state index is 0.0439. The zero-order valence-electron chi connectivity index (χ0n) is 17.0. The Morgan fingerprint density at radius 3 is 2.59 bits per heavy atom. The van der Waals surface area contributed by atoms with Gasteiger partial charge in [0.1, 0.15) is 5.02 Å². The van der Waals surface area contributed by atoms with Crippen LogP contribution in [0.15, 0.2) is 70.4 Å². The Labute approximate surface area is 206 Å². The van der Waals surface area contributed by atoms with Gasteiger partial charge in [0.25, 0.3) is 5.69 Å². The van der Waals surface area contributed by atoms with Gasteiger partial charge in [-0.05, 0) is 36.4 Å². The second kappa shape index (κ2) is 10.1. The fourth-order valence-corrected chi connectivity index (χ4v) is 4.04. The summed E-state index contributed by atoms with van der Waals surface area (Å²) in [4.78, 5) is 40.0. The van der Waals surface area contributed by atoms with Crippen LogP contribution in [0.3, 0.4) is 0 Å². The largest absolute Gasteiger partial charge is 0.459 e. The average molecular weight is 518 g/mol. The molecule has 1 N–H and O–H groups in total. The van der Waals surface area contributed by atoms with Gasteiger partial charge in [0.15, 0.2) is 16.7 Å². The van der Waals surface area contributed by atoms with Crippen LogP contribution in [-0.4, -0.2) is 37.3 Å². The van der Waals surface area contributed by atoms with E-state index >= 15 is 0 Å². The van der Waals surface area contributed by atoms with Gasteiger partial charge in [-0.2, -0.15) is 4.68 Å². The summed E-state index contributed by atoms with van der Waals surface area (Å²) in [7, 11) is 0. The second-order valence-corrected chi connectivity index (χ2v) is 8.41. The molecule has 4 rings (SSSR count). The molecule has 4 aromatic rings. The Hall–Kier alpha value is -3.67. The molecule has 1 amide bonds. The highest BCUT2D eigenvalue weighted by molar-refractivity contribution is 7.99. The van der Waals surface area contributed by atoms with Crippen molar-refractivity contribution < 1.29 is 18.9 Å². The van der Waals surface area contributed by atoms with E-state index in [0.29, 0.717) is 10.6 Å². The first-order chi connectivity index (χ1) is 16.3. The molecule has 13 heteroatoms. The maximum atomic E-state index is 12.9. The molecule has 172 valence electrons. The number of anilines is 1. The molecule has 0 saturated heterocycles. The third kappa shape index (κ3) is 5.11. The molecule has 2 aromatic heterocycles. The Bertz CT molecular complexity index is 1390. The molecule has 0 bridgehead atoms. The summed E-state index contributed by atoms with van der Waals surface area (Å²) in [5.41, 5.74) is 0.527. The van der Waals surface area contributed by atoms with Gasteiger partial charge in [-0.3, -0.25) is 19.7 Å². The van der Waals surface area contributed by atoms with Crippen molar-refractivity contribution in [1.29, 1.82) is 0 Å². The number of hydrogen-bond acceptors (Lipinski definition) is 8. The van der Waals surface area contributed by atoms with E-state index in [0.717, 1.165) is 16.4 Å². The van der Waals surface area contributed by atoms with Crippen LogP contribution in [0.2, 0.25) is 10.0 Å². The van der Waals surface area contributed by atoms with Gasteiger partial charge >= 0.3 is 5.91 Å². The summed E-state index contributed by atoms with van der Waals surface area (Å²) in [6, 6.07) is 13.8. The highest BCUT2D eigenvalue weighted by atomic mass is 35.5.